The fourth-order valence-electron chi connectivity index (χ4n) is 2.32. The summed E-state index contributed by atoms with van der Waals surface area (Å²) in [5.41, 5.74) is 1.24. The maximum Gasteiger partial charge on any atom is 0.263 e. The summed E-state index contributed by atoms with van der Waals surface area (Å²) in [6, 6.07) is 12.1. The second-order valence-electron chi connectivity index (χ2n) is 5.20. The van der Waals surface area contributed by atoms with E-state index in [1.807, 2.05) is 17.6 Å². The number of aromatic nitrogens is 3. The van der Waals surface area contributed by atoms with Crippen LogP contribution in [0, 0.1) is 0 Å². The van der Waals surface area contributed by atoms with E-state index in [1.54, 1.807) is 42.7 Å². The van der Waals surface area contributed by atoms with Crippen molar-refractivity contribution in [2.45, 2.75) is 18.4 Å². The molecule has 0 amide bonds. The van der Waals surface area contributed by atoms with Crippen LogP contribution in [0.4, 0.5) is 5.69 Å². The Kier molecular flexibility index (Phi) is 5.26. The lowest BCUT2D eigenvalue weighted by Crippen LogP contribution is -2.13. The molecule has 0 saturated heterocycles. The summed E-state index contributed by atoms with van der Waals surface area (Å²) >= 11 is 6.58. The van der Waals surface area contributed by atoms with Gasteiger partial charge in [0.2, 0.25) is 0 Å². The van der Waals surface area contributed by atoms with E-state index in [2.05, 4.69) is 46.8 Å². The molecule has 6 nitrogen and oxygen atoms in total. The van der Waals surface area contributed by atoms with Gasteiger partial charge in [0.25, 0.3) is 10.0 Å². The molecule has 0 bridgehead atoms. The highest BCUT2D eigenvalue weighted by molar-refractivity contribution is 9.11. The summed E-state index contributed by atoms with van der Waals surface area (Å²) in [5.74, 6) is 0.687. The first-order chi connectivity index (χ1) is 11.9. The van der Waals surface area contributed by atoms with Crippen molar-refractivity contribution in [2.24, 2.45) is 0 Å². The number of hydrogen-bond donors (Lipinski definition) is 1. The molecular formula is C16H14Br2N4O2S. The van der Waals surface area contributed by atoms with Gasteiger partial charge in [-0.25, -0.2) is 8.42 Å². The molecule has 0 unspecified atom stereocenters. The van der Waals surface area contributed by atoms with Gasteiger partial charge in [-0.05, 0) is 53.2 Å². The van der Waals surface area contributed by atoms with Crippen molar-refractivity contribution in [3.8, 4) is 11.4 Å². The molecule has 0 aliphatic heterocycles. The van der Waals surface area contributed by atoms with Crippen LogP contribution in [0.5, 0.6) is 0 Å². The van der Waals surface area contributed by atoms with Gasteiger partial charge >= 0.3 is 0 Å². The van der Waals surface area contributed by atoms with Gasteiger partial charge < -0.3 is 4.57 Å². The van der Waals surface area contributed by atoms with E-state index >= 15 is 0 Å². The monoisotopic (exact) mass is 484 g/mol. The molecular weight excluding hydrogens is 472 g/mol. The second kappa shape index (κ2) is 7.27. The maximum absolute atomic E-state index is 12.7. The number of nitrogens with one attached hydrogen (secondary N) is 1. The topological polar surface area (TPSA) is 76.9 Å². The molecule has 0 aliphatic carbocycles. The summed E-state index contributed by atoms with van der Waals surface area (Å²) < 4.78 is 31.1. The Morgan fingerprint density at radius 2 is 1.96 bits per heavy atom. The number of hydrogen-bond acceptors (Lipinski definition) is 4. The smallest absolute Gasteiger partial charge is 0.263 e. The standard InChI is InChI=1S/C16H14Br2N4O2S/c1-2-22-10-19-20-16(22)11-4-3-5-13(8-11)21-25(23,24)15-9-12(17)6-7-14(15)18/h3-10,21H,2H2,1H3. The molecule has 0 atom stereocenters. The number of aryl methyl sites for hydroxylation is 1. The van der Waals surface area contributed by atoms with Gasteiger partial charge in [0.15, 0.2) is 5.82 Å². The van der Waals surface area contributed by atoms with Crippen molar-refractivity contribution in [3.05, 3.63) is 57.7 Å². The Morgan fingerprint density at radius 3 is 2.72 bits per heavy atom. The minimum Gasteiger partial charge on any atom is -0.314 e. The van der Waals surface area contributed by atoms with Crippen LogP contribution in [-0.2, 0) is 16.6 Å². The predicted octanol–water partition coefficient (Wildman–Crippen LogP) is 4.29. The summed E-state index contributed by atoms with van der Waals surface area (Å²) in [6.07, 6.45) is 1.64. The summed E-state index contributed by atoms with van der Waals surface area (Å²) in [4.78, 5) is 0.156. The molecule has 1 N–H and O–H groups in total. The van der Waals surface area contributed by atoms with Gasteiger partial charge in [0.1, 0.15) is 11.2 Å². The minimum atomic E-state index is -3.74. The molecule has 25 heavy (non-hydrogen) atoms. The van der Waals surface area contributed by atoms with Crippen molar-refractivity contribution in [2.75, 3.05) is 4.72 Å². The van der Waals surface area contributed by atoms with Gasteiger partial charge in [0, 0.05) is 26.7 Å². The van der Waals surface area contributed by atoms with E-state index < -0.39 is 10.0 Å². The maximum atomic E-state index is 12.7. The number of sulfonamides is 1. The van der Waals surface area contributed by atoms with Crippen molar-refractivity contribution in [1.29, 1.82) is 0 Å². The van der Waals surface area contributed by atoms with Crippen LogP contribution in [0.1, 0.15) is 6.92 Å². The van der Waals surface area contributed by atoms with Crippen LogP contribution in [0.15, 0.2) is 62.6 Å². The van der Waals surface area contributed by atoms with Crippen LogP contribution in [0.2, 0.25) is 0 Å². The summed E-state index contributed by atoms with van der Waals surface area (Å²) in [6.45, 7) is 2.72. The van der Waals surface area contributed by atoms with E-state index in [0.717, 1.165) is 12.1 Å². The Hall–Kier alpha value is -1.71. The van der Waals surface area contributed by atoms with Crippen LogP contribution in [0.25, 0.3) is 11.4 Å². The first kappa shape index (κ1) is 18.1. The third kappa shape index (κ3) is 3.94. The van der Waals surface area contributed by atoms with Crippen LogP contribution >= 0.6 is 31.9 Å². The largest absolute Gasteiger partial charge is 0.314 e. The average Bonchev–Trinajstić information content (AvgIpc) is 3.05. The highest BCUT2D eigenvalue weighted by Gasteiger charge is 2.19. The molecule has 3 aromatic rings. The number of halogens is 2. The highest BCUT2D eigenvalue weighted by Crippen LogP contribution is 2.28. The first-order valence-corrected chi connectivity index (χ1v) is 10.4. The van der Waals surface area contributed by atoms with Gasteiger partial charge in [-0.1, -0.05) is 28.1 Å². The highest BCUT2D eigenvalue weighted by atomic mass is 79.9. The van der Waals surface area contributed by atoms with Gasteiger partial charge in [-0.3, -0.25) is 4.72 Å². The first-order valence-electron chi connectivity index (χ1n) is 7.37. The molecule has 130 valence electrons. The van der Waals surface area contributed by atoms with Crippen LogP contribution in [-0.4, -0.2) is 23.2 Å². The van der Waals surface area contributed by atoms with E-state index in [4.69, 9.17) is 0 Å². The van der Waals surface area contributed by atoms with E-state index in [1.165, 1.54) is 0 Å². The quantitative estimate of drug-likeness (QED) is 0.584. The van der Waals surface area contributed by atoms with Crippen molar-refractivity contribution >= 4 is 47.6 Å². The predicted molar refractivity (Wildman–Crippen MR) is 104 cm³/mol. The minimum absolute atomic E-state index is 0.156. The number of benzene rings is 2. The third-order valence-corrected chi connectivity index (χ3v) is 6.38. The third-order valence-electron chi connectivity index (χ3n) is 3.51. The average molecular weight is 486 g/mol. The number of anilines is 1. The second-order valence-corrected chi connectivity index (χ2v) is 8.62. The molecule has 3 rings (SSSR count). The number of rotatable bonds is 5. The number of nitrogens with zero attached hydrogens (tertiary/aromatic N) is 3. The molecule has 2 aromatic carbocycles. The molecule has 1 heterocycles. The van der Waals surface area contributed by atoms with Gasteiger partial charge in [0.05, 0.1) is 0 Å². The van der Waals surface area contributed by atoms with Crippen molar-refractivity contribution in [1.82, 2.24) is 14.8 Å². The molecule has 0 spiro atoms. The normalized spacial score (nSPS) is 11.5. The summed E-state index contributed by atoms with van der Waals surface area (Å²) in [5, 5.41) is 8.01. The molecule has 1 aromatic heterocycles. The Labute approximate surface area is 162 Å². The van der Waals surface area contributed by atoms with E-state index in [-0.39, 0.29) is 4.90 Å². The lowest BCUT2D eigenvalue weighted by molar-refractivity contribution is 0.600. The Bertz CT molecular complexity index is 1020. The fraction of sp³-hybridized carbons (Fsp3) is 0.125. The zero-order valence-electron chi connectivity index (χ0n) is 13.1. The van der Waals surface area contributed by atoms with Crippen molar-refractivity contribution < 1.29 is 8.42 Å². The van der Waals surface area contributed by atoms with E-state index in [0.29, 0.717) is 20.5 Å². The molecule has 0 fully saturated rings. The molecule has 9 heteroatoms. The Morgan fingerprint density at radius 1 is 1.16 bits per heavy atom. The SMILES string of the molecule is CCn1cnnc1-c1cccc(NS(=O)(=O)c2cc(Br)ccc2Br)c1. The lowest BCUT2D eigenvalue weighted by Gasteiger charge is -2.11. The zero-order chi connectivity index (χ0) is 18.0. The molecule has 0 radical (unpaired) electrons. The Balaban J connectivity index is 1.96. The van der Waals surface area contributed by atoms with E-state index in [9.17, 15) is 8.42 Å². The van der Waals surface area contributed by atoms with Crippen molar-refractivity contribution in [3.63, 3.8) is 0 Å². The molecule has 0 aliphatic rings. The fourth-order valence-corrected chi connectivity index (χ4v) is 4.88. The van der Waals surface area contributed by atoms with Gasteiger partial charge in [-0.2, -0.15) is 0 Å². The lowest BCUT2D eigenvalue weighted by atomic mass is 10.2. The molecule has 0 saturated carbocycles. The zero-order valence-corrected chi connectivity index (χ0v) is 17.1. The van der Waals surface area contributed by atoms with Gasteiger partial charge in [-0.15, -0.1) is 10.2 Å². The summed E-state index contributed by atoms with van der Waals surface area (Å²) in [7, 11) is -3.74. The van der Waals surface area contributed by atoms with Crippen LogP contribution < -0.4 is 4.72 Å². The van der Waals surface area contributed by atoms with Crippen LogP contribution in [0.3, 0.4) is 0 Å².